The van der Waals surface area contributed by atoms with E-state index in [4.69, 9.17) is 15.2 Å². The molecular formula is C21H23N2O3+. The zero-order chi connectivity index (χ0) is 18.5. The number of ether oxygens (including phenoxy) is 2. The second-order valence-corrected chi connectivity index (χ2v) is 5.85. The lowest BCUT2D eigenvalue weighted by Gasteiger charge is -2.07. The highest BCUT2D eigenvalue weighted by molar-refractivity contribution is 5.79. The number of nitrogens with two attached hydrogens (primary N) is 1. The number of aromatic hydroxyl groups is 1. The van der Waals surface area contributed by atoms with Crippen molar-refractivity contribution in [2.24, 2.45) is 5.73 Å². The number of phenols is 1. The molecule has 3 aromatic rings. The van der Waals surface area contributed by atoms with Crippen molar-refractivity contribution >= 4 is 23.1 Å². The molecule has 0 saturated carbocycles. The Morgan fingerprint density at radius 2 is 1.88 bits per heavy atom. The highest BCUT2D eigenvalue weighted by atomic mass is 16.5. The predicted molar refractivity (Wildman–Crippen MR) is 103 cm³/mol. The van der Waals surface area contributed by atoms with Gasteiger partial charge in [-0.3, -0.25) is 0 Å². The van der Waals surface area contributed by atoms with Gasteiger partial charge in [-0.2, -0.15) is 4.57 Å². The number of para-hydroxylation sites is 1. The van der Waals surface area contributed by atoms with Gasteiger partial charge in [0.15, 0.2) is 18.0 Å². The number of pyridine rings is 1. The van der Waals surface area contributed by atoms with Crippen LogP contribution in [-0.2, 0) is 6.54 Å². The molecule has 0 aliphatic rings. The van der Waals surface area contributed by atoms with Gasteiger partial charge in [-0.25, -0.2) is 0 Å². The molecule has 1 aromatic heterocycles. The Labute approximate surface area is 152 Å². The summed E-state index contributed by atoms with van der Waals surface area (Å²) in [5, 5.41) is 11.3. The average Bonchev–Trinajstić information content (AvgIpc) is 2.68. The van der Waals surface area contributed by atoms with Crippen LogP contribution in [0.15, 0.2) is 48.5 Å². The van der Waals surface area contributed by atoms with E-state index in [0.717, 1.165) is 22.3 Å². The molecule has 26 heavy (non-hydrogen) atoms. The third-order valence-corrected chi connectivity index (χ3v) is 4.31. The van der Waals surface area contributed by atoms with Crippen molar-refractivity contribution in [3.63, 3.8) is 0 Å². The zero-order valence-electron chi connectivity index (χ0n) is 15.0. The molecule has 0 unspecified atom stereocenters. The van der Waals surface area contributed by atoms with Gasteiger partial charge >= 0.3 is 0 Å². The molecule has 5 heteroatoms. The van der Waals surface area contributed by atoms with E-state index in [1.54, 1.807) is 13.2 Å². The highest BCUT2D eigenvalue weighted by Crippen LogP contribution is 2.30. The van der Waals surface area contributed by atoms with Crippen molar-refractivity contribution in [3.05, 3.63) is 59.8 Å². The van der Waals surface area contributed by atoms with E-state index in [-0.39, 0.29) is 5.75 Å². The van der Waals surface area contributed by atoms with Gasteiger partial charge in [-0.05, 0) is 30.3 Å². The number of hydrogen-bond acceptors (Lipinski definition) is 4. The van der Waals surface area contributed by atoms with Crippen molar-refractivity contribution < 1.29 is 19.1 Å². The van der Waals surface area contributed by atoms with E-state index >= 15 is 0 Å². The topological polar surface area (TPSA) is 68.6 Å². The zero-order valence-corrected chi connectivity index (χ0v) is 15.0. The van der Waals surface area contributed by atoms with Crippen LogP contribution >= 0.6 is 0 Å². The van der Waals surface area contributed by atoms with Crippen LogP contribution in [0.2, 0.25) is 0 Å². The van der Waals surface area contributed by atoms with Crippen LogP contribution in [0.25, 0.3) is 23.1 Å². The number of aromatic nitrogens is 1. The molecule has 0 aliphatic heterocycles. The first-order chi connectivity index (χ1) is 12.7. The molecular weight excluding hydrogens is 328 g/mol. The lowest BCUT2D eigenvalue weighted by atomic mass is 10.1. The van der Waals surface area contributed by atoms with E-state index in [2.05, 4.69) is 10.6 Å². The minimum atomic E-state index is 0.127. The summed E-state index contributed by atoms with van der Waals surface area (Å²) >= 11 is 0. The van der Waals surface area contributed by atoms with Crippen LogP contribution in [0.3, 0.4) is 0 Å². The Kier molecular flexibility index (Phi) is 5.39. The number of benzene rings is 2. The van der Waals surface area contributed by atoms with E-state index < -0.39 is 0 Å². The quantitative estimate of drug-likeness (QED) is 0.670. The van der Waals surface area contributed by atoms with Gasteiger partial charge < -0.3 is 20.3 Å². The normalized spacial score (nSPS) is 11.2. The minimum Gasteiger partial charge on any atom is -0.504 e. The van der Waals surface area contributed by atoms with Crippen LogP contribution in [0.4, 0.5) is 0 Å². The third-order valence-electron chi connectivity index (χ3n) is 4.31. The molecule has 0 bridgehead atoms. The number of methoxy groups -OCH3 is 2. The lowest BCUT2D eigenvalue weighted by Crippen LogP contribution is -2.41. The molecule has 0 saturated heterocycles. The van der Waals surface area contributed by atoms with Crippen molar-refractivity contribution in [3.8, 4) is 17.2 Å². The van der Waals surface area contributed by atoms with Crippen LogP contribution in [-0.4, -0.2) is 25.9 Å². The summed E-state index contributed by atoms with van der Waals surface area (Å²) in [6, 6.07) is 15.5. The molecule has 3 N–H and O–H groups in total. The van der Waals surface area contributed by atoms with Gasteiger partial charge in [0.25, 0.3) is 0 Å². The first kappa shape index (κ1) is 17.8. The summed E-state index contributed by atoms with van der Waals surface area (Å²) in [5.74, 6) is 1.40. The molecule has 3 rings (SSSR count). The molecule has 0 atom stereocenters. The predicted octanol–water partition coefficient (Wildman–Crippen LogP) is 2.98. The second kappa shape index (κ2) is 7.89. The summed E-state index contributed by atoms with van der Waals surface area (Å²) in [6.07, 6.45) is 3.84. The Morgan fingerprint density at radius 1 is 1.04 bits per heavy atom. The monoisotopic (exact) mass is 351 g/mol. The van der Waals surface area contributed by atoms with Crippen molar-refractivity contribution in [2.45, 2.75) is 6.54 Å². The average molecular weight is 351 g/mol. The first-order valence-corrected chi connectivity index (χ1v) is 8.42. The van der Waals surface area contributed by atoms with Crippen LogP contribution in [0.1, 0.15) is 11.3 Å². The number of phenolic OH excluding ortho intramolecular Hbond substituents is 1. The van der Waals surface area contributed by atoms with E-state index in [1.807, 2.05) is 48.6 Å². The number of hydrogen-bond donors (Lipinski definition) is 2. The van der Waals surface area contributed by atoms with Crippen LogP contribution < -0.4 is 19.8 Å². The highest BCUT2D eigenvalue weighted by Gasteiger charge is 2.14. The molecule has 2 aromatic carbocycles. The summed E-state index contributed by atoms with van der Waals surface area (Å²) in [7, 11) is 3.20. The molecule has 0 aliphatic carbocycles. The van der Waals surface area contributed by atoms with Gasteiger partial charge in [-0.15, -0.1) is 0 Å². The summed E-state index contributed by atoms with van der Waals surface area (Å²) in [5.41, 5.74) is 8.59. The molecule has 0 amide bonds. The van der Waals surface area contributed by atoms with Gasteiger partial charge in [0.05, 0.1) is 26.2 Å². The molecule has 134 valence electrons. The standard InChI is InChI=1S/C21H22N2O3/c1-25-18-10-11-19-16(14-18)7-9-17(23(19)13-12-22)8-6-15-4-3-5-20(26-2)21(15)24/h3-11,14H,12-13,22H2,1-2H3/p+1. The van der Waals surface area contributed by atoms with Gasteiger partial charge in [0, 0.05) is 23.8 Å². The van der Waals surface area contributed by atoms with Gasteiger partial charge in [0.1, 0.15) is 5.75 Å². The molecule has 1 heterocycles. The summed E-state index contributed by atoms with van der Waals surface area (Å²) < 4.78 is 12.6. The van der Waals surface area contributed by atoms with E-state index in [9.17, 15) is 5.11 Å². The fraction of sp³-hybridized carbons (Fsp3) is 0.190. The largest absolute Gasteiger partial charge is 0.504 e. The van der Waals surface area contributed by atoms with Crippen LogP contribution in [0, 0.1) is 0 Å². The summed E-state index contributed by atoms with van der Waals surface area (Å²) in [4.78, 5) is 0. The maximum Gasteiger partial charge on any atom is 0.213 e. The molecule has 0 radical (unpaired) electrons. The SMILES string of the molecule is COc1ccc2c(ccc(/C=C/c3cccc(OC)c3O)[n+]2CCN)c1. The lowest BCUT2D eigenvalue weighted by molar-refractivity contribution is -0.670. The second-order valence-electron chi connectivity index (χ2n) is 5.85. The Balaban J connectivity index is 2.05. The Hall–Kier alpha value is -3.05. The molecule has 0 fully saturated rings. The maximum atomic E-state index is 10.3. The fourth-order valence-electron chi connectivity index (χ4n) is 2.98. The van der Waals surface area contributed by atoms with E-state index in [1.165, 1.54) is 7.11 Å². The minimum absolute atomic E-state index is 0.127. The van der Waals surface area contributed by atoms with Crippen molar-refractivity contribution in [1.29, 1.82) is 0 Å². The van der Waals surface area contributed by atoms with Crippen molar-refractivity contribution in [1.82, 2.24) is 0 Å². The van der Waals surface area contributed by atoms with Gasteiger partial charge in [-0.1, -0.05) is 12.1 Å². The van der Waals surface area contributed by atoms with Crippen molar-refractivity contribution in [2.75, 3.05) is 20.8 Å². The van der Waals surface area contributed by atoms with Crippen LogP contribution in [0.5, 0.6) is 17.2 Å². The smallest absolute Gasteiger partial charge is 0.213 e. The fourth-order valence-corrected chi connectivity index (χ4v) is 2.98. The first-order valence-electron chi connectivity index (χ1n) is 8.42. The number of fused-ring (bicyclic) bond motifs is 1. The third kappa shape index (κ3) is 3.48. The number of rotatable bonds is 6. The molecule has 0 spiro atoms. The number of nitrogens with zero attached hydrogens (tertiary/aromatic N) is 1. The molecule has 5 nitrogen and oxygen atoms in total. The Morgan fingerprint density at radius 3 is 2.62 bits per heavy atom. The summed E-state index contributed by atoms with van der Waals surface area (Å²) in [6.45, 7) is 1.22. The van der Waals surface area contributed by atoms with E-state index in [0.29, 0.717) is 24.4 Å². The maximum absolute atomic E-state index is 10.3. The Bertz CT molecular complexity index is 951. The van der Waals surface area contributed by atoms with Gasteiger partial charge in [0.2, 0.25) is 11.2 Å².